The summed E-state index contributed by atoms with van der Waals surface area (Å²) in [6.07, 6.45) is 3.97. The van der Waals surface area contributed by atoms with E-state index in [4.69, 9.17) is 0 Å². The van der Waals surface area contributed by atoms with Gasteiger partial charge in [0, 0.05) is 6.20 Å². The summed E-state index contributed by atoms with van der Waals surface area (Å²) in [5.74, 6) is 0. The molecule has 14 heavy (non-hydrogen) atoms. The first-order chi connectivity index (χ1) is 6.84. The molecule has 3 rings (SSSR count). The second-order valence-electron chi connectivity index (χ2n) is 3.55. The molecule has 0 fully saturated rings. The molecule has 0 bridgehead atoms. The number of hydrogen-bond acceptors (Lipinski definition) is 1. The smallest absolute Gasteiger partial charge is 0.0871 e. The highest BCUT2D eigenvalue weighted by Crippen LogP contribution is 2.16. The number of aryl methyl sites for hydroxylation is 1. The maximum absolute atomic E-state index is 4.40. The van der Waals surface area contributed by atoms with Crippen LogP contribution in [-0.4, -0.2) is 9.38 Å². The Labute approximate surface area is 81.8 Å². The molecule has 2 heterocycles. The minimum absolute atomic E-state index is 1.04. The van der Waals surface area contributed by atoms with Crippen LogP contribution in [0, 0.1) is 6.92 Å². The monoisotopic (exact) mass is 182 g/mol. The van der Waals surface area contributed by atoms with Crippen molar-refractivity contribution in [3.63, 3.8) is 0 Å². The van der Waals surface area contributed by atoms with Crippen molar-refractivity contribution >= 4 is 16.6 Å². The van der Waals surface area contributed by atoms with Gasteiger partial charge in [0.1, 0.15) is 0 Å². The quantitative estimate of drug-likeness (QED) is 0.522. The first-order valence-corrected chi connectivity index (χ1v) is 4.67. The third-order valence-electron chi connectivity index (χ3n) is 2.51. The highest BCUT2D eigenvalue weighted by molar-refractivity contribution is 5.78. The Balaban J connectivity index is 2.60. The molecule has 2 nitrogen and oxygen atoms in total. The number of benzene rings is 1. The predicted octanol–water partition coefficient (Wildman–Crippen LogP) is 2.80. The molecule has 2 heteroatoms. The van der Waals surface area contributed by atoms with Crippen molar-refractivity contribution in [1.29, 1.82) is 0 Å². The average Bonchev–Trinajstić information content (AvgIpc) is 2.65. The maximum Gasteiger partial charge on any atom is 0.0871 e. The van der Waals surface area contributed by atoms with Crippen LogP contribution in [0.25, 0.3) is 16.6 Å². The van der Waals surface area contributed by atoms with Crippen molar-refractivity contribution in [2.45, 2.75) is 6.92 Å². The first kappa shape index (κ1) is 7.56. The highest BCUT2D eigenvalue weighted by Gasteiger charge is 1.99. The van der Waals surface area contributed by atoms with Gasteiger partial charge in [-0.15, -0.1) is 0 Å². The van der Waals surface area contributed by atoms with Crippen molar-refractivity contribution in [2.24, 2.45) is 0 Å². The van der Waals surface area contributed by atoms with Gasteiger partial charge in [0.15, 0.2) is 0 Å². The molecule has 0 unspecified atom stereocenters. The molecule has 0 N–H and O–H groups in total. The van der Waals surface area contributed by atoms with Crippen LogP contribution in [0.2, 0.25) is 0 Å². The lowest BCUT2D eigenvalue weighted by Gasteiger charge is -2.02. The Hall–Kier alpha value is -1.83. The van der Waals surface area contributed by atoms with Crippen molar-refractivity contribution in [3.05, 3.63) is 48.3 Å². The standard InChI is InChI=1S/C12H10N2/c1-9-4-5-11-12(7-9)14-6-2-3-10(14)8-13-11/h2-8H,1H3. The van der Waals surface area contributed by atoms with Crippen LogP contribution in [0.5, 0.6) is 0 Å². The van der Waals surface area contributed by atoms with Crippen molar-refractivity contribution in [1.82, 2.24) is 9.38 Å². The van der Waals surface area contributed by atoms with Gasteiger partial charge in [-0.05, 0) is 36.8 Å². The molecule has 0 aliphatic heterocycles. The average molecular weight is 182 g/mol. The summed E-state index contributed by atoms with van der Waals surface area (Å²) in [7, 11) is 0. The van der Waals surface area contributed by atoms with E-state index in [1.807, 2.05) is 12.3 Å². The van der Waals surface area contributed by atoms with Gasteiger partial charge in [-0.25, -0.2) is 0 Å². The number of hydrogen-bond donors (Lipinski definition) is 0. The molecule has 3 aromatic rings. The molecule has 1 aromatic carbocycles. The van der Waals surface area contributed by atoms with Gasteiger partial charge >= 0.3 is 0 Å². The maximum atomic E-state index is 4.40. The zero-order valence-corrected chi connectivity index (χ0v) is 7.94. The van der Waals surface area contributed by atoms with E-state index >= 15 is 0 Å². The molecule has 0 saturated carbocycles. The molecule has 0 saturated heterocycles. The van der Waals surface area contributed by atoms with E-state index in [1.54, 1.807) is 0 Å². The van der Waals surface area contributed by atoms with E-state index in [0.29, 0.717) is 0 Å². The molecule has 0 atom stereocenters. The molecule has 0 aliphatic carbocycles. The number of aromatic nitrogens is 2. The Morgan fingerprint density at radius 3 is 3.07 bits per heavy atom. The topological polar surface area (TPSA) is 17.3 Å². The second kappa shape index (κ2) is 2.58. The number of nitrogens with zero attached hydrogens (tertiary/aromatic N) is 2. The molecular formula is C12H10N2. The van der Waals surface area contributed by atoms with Crippen LogP contribution in [0.1, 0.15) is 5.56 Å². The van der Waals surface area contributed by atoms with E-state index in [1.165, 1.54) is 11.1 Å². The largest absolute Gasteiger partial charge is 0.314 e. The Bertz CT molecular complexity index is 608. The number of fused-ring (bicyclic) bond motifs is 3. The normalized spacial score (nSPS) is 11.2. The first-order valence-electron chi connectivity index (χ1n) is 4.67. The fraction of sp³-hybridized carbons (Fsp3) is 0.0833. The van der Waals surface area contributed by atoms with Gasteiger partial charge in [-0.3, -0.25) is 4.98 Å². The van der Waals surface area contributed by atoms with Crippen LogP contribution >= 0.6 is 0 Å². The van der Waals surface area contributed by atoms with E-state index in [9.17, 15) is 0 Å². The Morgan fingerprint density at radius 1 is 1.21 bits per heavy atom. The summed E-state index contributed by atoms with van der Waals surface area (Å²) in [5, 5.41) is 0. The molecule has 0 spiro atoms. The molecule has 68 valence electrons. The van der Waals surface area contributed by atoms with Gasteiger partial charge in [0.05, 0.1) is 22.7 Å². The van der Waals surface area contributed by atoms with Crippen LogP contribution in [0.3, 0.4) is 0 Å². The van der Waals surface area contributed by atoms with Crippen molar-refractivity contribution < 1.29 is 0 Å². The van der Waals surface area contributed by atoms with Crippen LogP contribution in [0.4, 0.5) is 0 Å². The summed E-state index contributed by atoms with van der Waals surface area (Å²) >= 11 is 0. The van der Waals surface area contributed by atoms with E-state index in [2.05, 4.69) is 46.8 Å². The predicted molar refractivity (Wildman–Crippen MR) is 57.4 cm³/mol. The Morgan fingerprint density at radius 2 is 2.14 bits per heavy atom. The summed E-state index contributed by atoms with van der Waals surface area (Å²) in [6.45, 7) is 2.10. The summed E-state index contributed by atoms with van der Waals surface area (Å²) in [5.41, 5.74) is 4.62. The minimum Gasteiger partial charge on any atom is -0.314 e. The fourth-order valence-corrected chi connectivity index (χ4v) is 1.79. The van der Waals surface area contributed by atoms with Gasteiger partial charge in [0.25, 0.3) is 0 Å². The second-order valence-corrected chi connectivity index (χ2v) is 3.55. The van der Waals surface area contributed by atoms with Gasteiger partial charge in [-0.1, -0.05) is 6.07 Å². The minimum atomic E-state index is 1.04. The van der Waals surface area contributed by atoms with Gasteiger partial charge in [-0.2, -0.15) is 0 Å². The third kappa shape index (κ3) is 0.940. The molecule has 2 aromatic heterocycles. The summed E-state index contributed by atoms with van der Waals surface area (Å²) in [6, 6.07) is 10.4. The van der Waals surface area contributed by atoms with Gasteiger partial charge < -0.3 is 4.40 Å². The highest BCUT2D eigenvalue weighted by atomic mass is 14.9. The van der Waals surface area contributed by atoms with Crippen molar-refractivity contribution in [2.75, 3.05) is 0 Å². The van der Waals surface area contributed by atoms with Crippen molar-refractivity contribution in [3.8, 4) is 0 Å². The SMILES string of the molecule is Cc1ccc2ncc3cccn3c2c1. The molecular weight excluding hydrogens is 172 g/mol. The van der Waals surface area contributed by atoms with E-state index in [-0.39, 0.29) is 0 Å². The lowest BCUT2D eigenvalue weighted by molar-refractivity contribution is 1.22. The molecule has 0 amide bonds. The molecule has 0 radical (unpaired) electrons. The fourth-order valence-electron chi connectivity index (χ4n) is 1.79. The van der Waals surface area contributed by atoms with E-state index in [0.717, 1.165) is 11.0 Å². The number of rotatable bonds is 0. The van der Waals surface area contributed by atoms with Gasteiger partial charge in [0.2, 0.25) is 0 Å². The van der Waals surface area contributed by atoms with Crippen LogP contribution in [0.15, 0.2) is 42.7 Å². The summed E-state index contributed by atoms with van der Waals surface area (Å²) < 4.78 is 2.16. The van der Waals surface area contributed by atoms with Crippen LogP contribution < -0.4 is 0 Å². The zero-order chi connectivity index (χ0) is 9.54. The molecule has 0 aliphatic rings. The lowest BCUT2D eigenvalue weighted by Crippen LogP contribution is -1.89. The Kier molecular flexibility index (Phi) is 1.39. The third-order valence-corrected chi connectivity index (χ3v) is 2.51. The lowest BCUT2D eigenvalue weighted by atomic mass is 10.2. The summed E-state index contributed by atoms with van der Waals surface area (Å²) in [4.78, 5) is 4.40. The zero-order valence-electron chi connectivity index (χ0n) is 7.94. The van der Waals surface area contributed by atoms with Crippen LogP contribution in [-0.2, 0) is 0 Å². The van der Waals surface area contributed by atoms with E-state index < -0.39 is 0 Å².